The van der Waals surface area contributed by atoms with Gasteiger partial charge in [0, 0.05) is 30.6 Å². The van der Waals surface area contributed by atoms with Gasteiger partial charge in [0.2, 0.25) is 5.91 Å². The van der Waals surface area contributed by atoms with Crippen LogP contribution in [0.5, 0.6) is 0 Å². The summed E-state index contributed by atoms with van der Waals surface area (Å²) in [5.74, 6) is -0.301. The number of carbonyl (C=O) groups is 2. The predicted octanol–water partition coefficient (Wildman–Crippen LogP) is 3.08. The standard InChI is InChI=1S/C27H40N2O6/c1-17-4-6-18(7-5-17)28-25(34)35-23-10-12-26(2)20(14-24(33)29-13-11-19(31)15-29)21(32)8-9-22(26)27(23,3)16-30/h4-7,19-23,30-32H,8-16H2,1-3H3,(H,28,34)/t19-,20-,21-,22-,23-,26+,27+/m1/s1. The highest BCUT2D eigenvalue weighted by Gasteiger charge is 2.60. The summed E-state index contributed by atoms with van der Waals surface area (Å²) in [6.07, 6.45) is 1.19. The largest absolute Gasteiger partial charge is 0.445 e. The number of nitrogens with zero attached hydrogens (tertiary/aromatic N) is 1. The minimum absolute atomic E-state index is 0.0173. The summed E-state index contributed by atoms with van der Waals surface area (Å²) in [7, 11) is 0. The van der Waals surface area contributed by atoms with Crippen molar-refractivity contribution in [2.45, 2.75) is 77.6 Å². The number of carbonyl (C=O) groups excluding carboxylic acids is 2. The average molecular weight is 489 g/mol. The molecule has 0 aromatic heterocycles. The fourth-order valence-electron chi connectivity index (χ4n) is 6.98. The highest BCUT2D eigenvalue weighted by molar-refractivity contribution is 5.84. The molecule has 1 saturated heterocycles. The Hall–Kier alpha value is -2.16. The topological polar surface area (TPSA) is 119 Å². The van der Waals surface area contributed by atoms with Crippen LogP contribution in [0.1, 0.15) is 57.9 Å². The monoisotopic (exact) mass is 488 g/mol. The lowest BCUT2D eigenvalue weighted by molar-refractivity contribution is -0.186. The van der Waals surface area contributed by atoms with E-state index in [0.717, 1.165) is 5.56 Å². The molecule has 194 valence electrons. The van der Waals surface area contributed by atoms with E-state index in [2.05, 4.69) is 12.2 Å². The first-order chi connectivity index (χ1) is 16.6. The number of anilines is 1. The van der Waals surface area contributed by atoms with Crippen LogP contribution in [0, 0.1) is 29.6 Å². The van der Waals surface area contributed by atoms with E-state index in [1.54, 1.807) is 4.90 Å². The summed E-state index contributed by atoms with van der Waals surface area (Å²) in [6, 6.07) is 7.47. The van der Waals surface area contributed by atoms with Crippen LogP contribution in [-0.4, -0.2) is 70.2 Å². The Balaban J connectivity index is 1.48. The molecule has 2 saturated carbocycles. The second-order valence-electron chi connectivity index (χ2n) is 11.4. The number of β-amino-alcohol motifs (C(OH)–C–C–N with tert-alkyl or cyclic N) is 1. The number of rotatable bonds is 5. The van der Waals surface area contributed by atoms with Crippen molar-refractivity contribution in [2.75, 3.05) is 25.0 Å². The van der Waals surface area contributed by atoms with E-state index >= 15 is 0 Å². The predicted molar refractivity (Wildman–Crippen MR) is 132 cm³/mol. The van der Waals surface area contributed by atoms with Crippen molar-refractivity contribution in [1.82, 2.24) is 4.90 Å². The maximum atomic E-state index is 13.0. The minimum Gasteiger partial charge on any atom is -0.445 e. The maximum absolute atomic E-state index is 13.0. The van der Waals surface area contributed by atoms with Crippen molar-refractivity contribution >= 4 is 17.7 Å². The summed E-state index contributed by atoms with van der Waals surface area (Å²) in [4.78, 5) is 27.4. The number of hydrogen-bond acceptors (Lipinski definition) is 6. The average Bonchev–Trinajstić information content (AvgIpc) is 3.26. The van der Waals surface area contributed by atoms with Gasteiger partial charge in [0.15, 0.2) is 0 Å². The first kappa shape index (κ1) is 25.9. The van der Waals surface area contributed by atoms with Gasteiger partial charge < -0.3 is 25.0 Å². The van der Waals surface area contributed by atoms with Crippen molar-refractivity contribution in [2.24, 2.45) is 22.7 Å². The number of aliphatic hydroxyl groups is 3. The van der Waals surface area contributed by atoms with Gasteiger partial charge in [-0.3, -0.25) is 10.1 Å². The summed E-state index contributed by atoms with van der Waals surface area (Å²) >= 11 is 0. The third kappa shape index (κ3) is 5.06. The summed E-state index contributed by atoms with van der Waals surface area (Å²) in [5, 5.41) is 34.2. The second-order valence-corrected chi connectivity index (χ2v) is 11.4. The Morgan fingerprint density at radius 3 is 2.46 bits per heavy atom. The van der Waals surface area contributed by atoms with Gasteiger partial charge in [0.1, 0.15) is 6.10 Å². The number of nitrogens with one attached hydrogen (secondary N) is 1. The van der Waals surface area contributed by atoms with E-state index < -0.39 is 29.8 Å². The molecule has 35 heavy (non-hydrogen) atoms. The third-order valence-corrected chi connectivity index (χ3v) is 9.13. The lowest BCUT2D eigenvalue weighted by Crippen LogP contribution is -2.61. The number of fused-ring (bicyclic) bond motifs is 1. The lowest BCUT2D eigenvalue weighted by atomic mass is 9.46. The lowest BCUT2D eigenvalue weighted by Gasteiger charge is -2.60. The molecule has 2 amide bonds. The quantitative estimate of drug-likeness (QED) is 0.506. The van der Waals surface area contributed by atoms with Gasteiger partial charge >= 0.3 is 6.09 Å². The van der Waals surface area contributed by atoms with E-state index in [1.165, 1.54) is 0 Å². The van der Waals surface area contributed by atoms with Crippen molar-refractivity contribution in [3.8, 4) is 0 Å². The third-order valence-electron chi connectivity index (χ3n) is 9.13. The molecule has 8 nitrogen and oxygen atoms in total. The summed E-state index contributed by atoms with van der Waals surface area (Å²) < 4.78 is 5.89. The van der Waals surface area contributed by atoms with Crippen LogP contribution in [0.15, 0.2) is 24.3 Å². The van der Waals surface area contributed by atoms with Crippen molar-refractivity contribution < 1.29 is 29.6 Å². The SMILES string of the molecule is Cc1ccc(NC(=O)O[C@@H]2CC[C@]3(C)[C@@H](CC[C@@H](O)[C@H]3CC(=O)N3CC[C@@H](O)C3)[C@]2(C)CO)cc1. The summed E-state index contributed by atoms with van der Waals surface area (Å²) in [6.45, 7) is 6.81. The Morgan fingerprint density at radius 1 is 1.11 bits per heavy atom. The molecule has 4 rings (SSSR count). The van der Waals surface area contributed by atoms with Crippen LogP contribution in [0.3, 0.4) is 0 Å². The van der Waals surface area contributed by atoms with Crippen molar-refractivity contribution in [1.29, 1.82) is 0 Å². The molecule has 0 radical (unpaired) electrons. The van der Waals surface area contributed by atoms with Crippen molar-refractivity contribution in [3.63, 3.8) is 0 Å². The van der Waals surface area contributed by atoms with Crippen molar-refractivity contribution in [3.05, 3.63) is 29.8 Å². The summed E-state index contributed by atoms with van der Waals surface area (Å²) in [5.41, 5.74) is 0.675. The molecule has 8 heteroatoms. The van der Waals surface area contributed by atoms with Gasteiger partial charge in [-0.1, -0.05) is 31.5 Å². The number of likely N-dealkylation sites (tertiary alicyclic amines) is 1. The van der Waals surface area contributed by atoms with Crippen LogP contribution in [0.4, 0.5) is 10.5 Å². The van der Waals surface area contributed by atoms with Gasteiger partial charge in [-0.15, -0.1) is 0 Å². The molecule has 2 aliphatic carbocycles. The Bertz CT molecular complexity index is 923. The zero-order valence-corrected chi connectivity index (χ0v) is 21.1. The van der Waals surface area contributed by atoms with Gasteiger partial charge in [0.05, 0.1) is 18.8 Å². The van der Waals surface area contributed by atoms with E-state index in [0.29, 0.717) is 50.9 Å². The Morgan fingerprint density at radius 2 is 1.83 bits per heavy atom. The molecule has 3 fully saturated rings. The number of amides is 2. The molecular formula is C27H40N2O6. The first-order valence-corrected chi connectivity index (χ1v) is 12.9. The molecular weight excluding hydrogens is 448 g/mol. The van der Waals surface area contributed by atoms with E-state index in [9.17, 15) is 24.9 Å². The molecule has 0 unspecified atom stereocenters. The van der Waals surface area contributed by atoms with Gasteiger partial charge in [-0.25, -0.2) is 4.79 Å². The fraction of sp³-hybridized carbons (Fsp3) is 0.704. The molecule has 4 N–H and O–H groups in total. The number of aliphatic hydroxyl groups excluding tert-OH is 3. The van der Waals surface area contributed by atoms with Crippen LogP contribution in [0.2, 0.25) is 0 Å². The zero-order chi connectivity index (χ0) is 25.4. The Labute approximate surface area is 207 Å². The van der Waals surface area contributed by atoms with Gasteiger partial charge in [0.25, 0.3) is 0 Å². The minimum atomic E-state index is -0.692. The van der Waals surface area contributed by atoms with E-state index in [1.807, 2.05) is 38.1 Å². The highest BCUT2D eigenvalue weighted by Crippen LogP contribution is 2.61. The van der Waals surface area contributed by atoms with Crippen LogP contribution >= 0.6 is 0 Å². The maximum Gasteiger partial charge on any atom is 0.411 e. The molecule has 1 aliphatic heterocycles. The molecule has 1 aromatic rings. The molecule has 1 heterocycles. The number of benzene rings is 1. The zero-order valence-electron chi connectivity index (χ0n) is 21.1. The van der Waals surface area contributed by atoms with E-state index in [4.69, 9.17) is 4.74 Å². The van der Waals surface area contributed by atoms with Gasteiger partial charge in [-0.05, 0) is 68.4 Å². The first-order valence-electron chi connectivity index (χ1n) is 12.9. The fourth-order valence-corrected chi connectivity index (χ4v) is 6.98. The molecule has 0 spiro atoms. The van der Waals surface area contributed by atoms with E-state index in [-0.39, 0.29) is 36.2 Å². The van der Waals surface area contributed by atoms with Crippen LogP contribution < -0.4 is 5.32 Å². The molecule has 0 bridgehead atoms. The normalized spacial score (nSPS) is 37.0. The number of ether oxygens (including phenoxy) is 1. The molecule has 1 aromatic carbocycles. The van der Waals surface area contributed by atoms with Crippen LogP contribution in [0.25, 0.3) is 0 Å². The molecule has 7 atom stereocenters. The number of aryl methyl sites for hydroxylation is 1. The van der Waals surface area contributed by atoms with Gasteiger partial charge in [-0.2, -0.15) is 0 Å². The Kier molecular flexibility index (Phi) is 7.46. The highest BCUT2D eigenvalue weighted by atomic mass is 16.6. The molecule has 3 aliphatic rings. The smallest absolute Gasteiger partial charge is 0.411 e. The second kappa shape index (κ2) is 10.1. The number of hydrogen-bond donors (Lipinski definition) is 4. The van der Waals surface area contributed by atoms with Crippen LogP contribution in [-0.2, 0) is 9.53 Å².